The Hall–Kier alpha value is -1.67. The molecule has 1 aromatic rings. The van der Waals surface area contributed by atoms with Gasteiger partial charge in [-0.05, 0) is 12.1 Å². The molecule has 3 atom stereocenters. The van der Waals surface area contributed by atoms with Gasteiger partial charge in [-0.25, -0.2) is 0 Å². The molecule has 18 heavy (non-hydrogen) atoms. The van der Waals surface area contributed by atoms with Crippen LogP contribution >= 0.6 is 0 Å². The maximum atomic E-state index is 11.6. The van der Waals surface area contributed by atoms with Gasteiger partial charge >= 0.3 is 0 Å². The smallest absolute Gasteiger partial charge is 0.234 e. The highest BCUT2D eigenvalue weighted by atomic mass is 16.4. The van der Waals surface area contributed by atoms with Crippen molar-refractivity contribution in [2.45, 2.75) is 18.3 Å². The minimum atomic E-state index is -2.10. The van der Waals surface area contributed by atoms with Crippen molar-refractivity contribution < 1.29 is 30.0 Å². The molecule has 7 heteroatoms. The predicted octanol–water partition coefficient (Wildman–Crippen LogP) is -2.09. The average molecular weight is 255 g/mol. The summed E-state index contributed by atoms with van der Waals surface area (Å²) in [5.74, 6) is -2.30. The Labute approximate surface area is 102 Å². The lowest BCUT2D eigenvalue weighted by atomic mass is 9.99. The van der Waals surface area contributed by atoms with E-state index in [0.29, 0.717) is 0 Å². The molecule has 0 amide bonds. The molecule has 0 saturated heterocycles. The highest BCUT2D eigenvalue weighted by molar-refractivity contribution is 6.45. The molecule has 98 valence electrons. The second kappa shape index (κ2) is 6.31. The van der Waals surface area contributed by atoms with Crippen LogP contribution in [0, 0.1) is 0 Å². The lowest BCUT2D eigenvalue weighted by Crippen LogP contribution is -2.46. The second-order valence-electron chi connectivity index (χ2n) is 3.62. The Bertz CT molecular complexity index is 421. The van der Waals surface area contributed by atoms with Crippen molar-refractivity contribution in [3.63, 3.8) is 0 Å². The Morgan fingerprint density at radius 2 is 1.94 bits per heavy atom. The van der Waals surface area contributed by atoms with Crippen LogP contribution in [0.15, 0.2) is 24.5 Å². The Morgan fingerprint density at radius 3 is 2.44 bits per heavy atom. The van der Waals surface area contributed by atoms with Crippen molar-refractivity contribution in [3.8, 4) is 0 Å². The molecule has 1 rings (SSSR count). The zero-order chi connectivity index (χ0) is 13.7. The van der Waals surface area contributed by atoms with Gasteiger partial charge in [0.25, 0.3) is 0 Å². The third kappa shape index (κ3) is 3.17. The van der Waals surface area contributed by atoms with Crippen LogP contribution < -0.4 is 0 Å². The van der Waals surface area contributed by atoms with Gasteiger partial charge in [-0.2, -0.15) is 0 Å². The molecule has 7 nitrogen and oxygen atoms in total. The fraction of sp³-hybridized carbons (Fsp3) is 0.364. The first-order chi connectivity index (χ1) is 8.49. The van der Waals surface area contributed by atoms with E-state index >= 15 is 0 Å². The fourth-order valence-corrected chi connectivity index (χ4v) is 1.25. The minimum Gasteiger partial charge on any atom is -0.394 e. The number of carbonyl (C=O) groups excluding carboxylic acids is 2. The topological polar surface area (TPSA) is 128 Å². The molecule has 0 unspecified atom stereocenters. The molecule has 4 N–H and O–H groups in total. The van der Waals surface area contributed by atoms with Crippen molar-refractivity contribution >= 4 is 11.6 Å². The number of nitrogens with zero attached hydrogens (tertiary/aromatic N) is 1. The number of aliphatic hydroxyl groups is 4. The van der Waals surface area contributed by atoms with E-state index in [1.54, 1.807) is 0 Å². The Kier molecular flexibility index (Phi) is 5.05. The zero-order valence-electron chi connectivity index (χ0n) is 9.30. The van der Waals surface area contributed by atoms with E-state index in [1.807, 2.05) is 0 Å². The Balaban J connectivity index is 2.79. The number of ketones is 2. The second-order valence-corrected chi connectivity index (χ2v) is 3.62. The van der Waals surface area contributed by atoms with Crippen LogP contribution in [0.2, 0.25) is 0 Å². The lowest BCUT2D eigenvalue weighted by molar-refractivity contribution is -0.135. The van der Waals surface area contributed by atoms with Gasteiger partial charge in [0, 0.05) is 18.0 Å². The van der Waals surface area contributed by atoms with Crippen LogP contribution in [0.5, 0.6) is 0 Å². The van der Waals surface area contributed by atoms with Crippen molar-refractivity contribution in [2.24, 2.45) is 0 Å². The molecule has 0 saturated carbocycles. The van der Waals surface area contributed by atoms with E-state index in [2.05, 4.69) is 4.98 Å². The third-order valence-electron chi connectivity index (χ3n) is 2.32. The van der Waals surface area contributed by atoms with Crippen LogP contribution in [-0.2, 0) is 4.79 Å². The largest absolute Gasteiger partial charge is 0.394 e. The molecule has 0 radical (unpaired) electrons. The molecule has 0 aromatic carbocycles. The van der Waals surface area contributed by atoms with Gasteiger partial charge in [0.05, 0.1) is 6.61 Å². The van der Waals surface area contributed by atoms with Crippen LogP contribution in [0.4, 0.5) is 0 Å². The van der Waals surface area contributed by atoms with Crippen LogP contribution in [0.1, 0.15) is 10.4 Å². The summed E-state index contributed by atoms with van der Waals surface area (Å²) < 4.78 is 0. The van der Waals surface area contributed by atoms with Gasteiger partial charge < -0.3 is 20.4 Å². The minimum absolute atomic E-state index is 0.0350. The molecule has 0 fully saturated rings. The molecule has 0 aliphatic carbocycles. The molecular weight excluding hydrogens is 242 g/mol. The van der Waals surface area contributed by atoms with Gasteiger partial charge in [-0.3, -0.25) is 14.6 Å². The van der Waals surface area contributed by atoms with Crippen molar-refractivity contribution in [1.82, 2.24) is 4.98 Å². The number of Topliss-reactive ketones (excluding diaryl/α,β-unsaturated/α-hetero) is 2. The zero-order valence-corrected chi connectivity index (χ0v) is 9.30. The summed E-state index contributed by atoms with van der Waals surface area (Å²) in [4.78, 5) is 26.8. The molecule has 0 aliphatic heterocycles. The molecular formula is C11H13NO6. The van der Waals surface area contributed by atoms with E-state index in [0.717, 1.165) is 6.20 Å². The SMILES string of the molecule is O=C(C(=O)[C@H](O)[C@H](O)[C@H](O)CO)c1cccnc1. The van der Waals surface area contributed by atoms with E-state index in [4.69, 9.17) is 10.2 Å². The summed E-state index contributed by atoms with van der Waals surface area (Å²) in [6, 6.07) is 2.76. The predicted molar refractivity (Wildman–Crippen MR) is 58.7 cm³/mol. The van der Waals surface area contributed by atoms with Gasteiger partial charge in [0.2, 0.25) is 11.6 Å². The van der Waals surface area contributed by atoms with Gasteiger partial charge in [0.15, 0.2) is 0 Å². The van der Waals surface area contributed by atoms with Gasteiger partial charge in [0.1, 0.15) is 18.3 Å². The number of aliphatic hydroxyl groups excluding tert-OH is 4. The highest BCUT2D eigenvalue weighted by Crippen LogP contribution is 2.06. The van der Waals surface area contributed by atoms with E-state index in [1.165, 1.54) is 18.3 Å². The average Bonchev–Trinajstić information content (AvgIpc) is 2.44. The number of carbonyl (C=O) groups is 2. The summed E-state index contributed by atoms with van der Waals surface area (Å²) in [5, 5.41) is 36.3. The van der Waals surface area contributed by atoms with Gasteiger partial charge in [-0.15, -0.1) is 0 Å². The summed E-state index contributed by atoms with van der Waals surface area (Å²) in [6.07, 6.45) is -3.18. The van der Waals surface area contributed by atoms with Crippen molar-refractivity contribution in [2.75, 3.05) is 6.61 Å². The first-order valence-corrected chi connectivity index (χ1v) is 5.12. The number of hydrogen-bond donors (Lipinski definition) is 4. The van der Waals surface area contributed by atoms with E-state index in [-0.39, 0.29) is 5.56 Å². The van der Waals surface area contributed by atoms with Crippen LogP contribution in [0.25, 0.3) is 0 Å². The van der Waals surface area contributed by atoms with Crippen molar-refractivity contribution in [1.29, 1.82) is 0 Å². The summed E-state index contributed by atoms with van der Waals surface area (Å²) >= 11 is 0. The molecule has 1 heterocycles. The first kappa shape index (κ1) is 14.4. The fourth-order valence-electron chi connectivity index (χ4n) is 1.25. The summed E-state index contributed by atoms with van der Waals surface area (Å²) in [7, 11) is 0. The maximum Gasteiger partial charge on any atom is 0.234 e. The maximum absolute atomic E-state index is 11.6. The van der Waals surface area contributed by atoms with E-state index in [9.17, 15) is 19.8 Å². The number of pyridine rings is 1. The van der Waals surface area contributed by atoms with E-state index < -0.39 is 36.5 Å². The summed E-state index contributed by atoms with van der Waals surface area (Å²) in [5.41, 5.74) is -0.0350. The molecule has 0 aliphatic rings. The van der Waals surface area contributed by atoms with Crippen molar-refractivity contribution in [3.05, 3.63) is 30.1 Å². The molecule has 0 bridgehead atoms. The van der Waals surface area contributed by atoms with Crippen LogP contribution in [-0.4, -0.2) is 61.9 Å². The third-order valence-corrected chi connectivity index (χ3v) is 2.32. The Morgan fingerprint density at radius 1 is 1.28 bits per heavy atom. The highest BCUT2D eigenvalue weighted by Gasteiger charge is 2.34. The summed E-state index contributed by atoms with van der Waals surface area (Å²) in [6.45, 7) is -0.841. The number of rotatable bonds is 6. The molecule has 0 spiro atoms. The standard InChI is InChI=1S/C11H13NO6/c13-5-7(14)9(16)11(18)10(17)8(15)6-2-1-3-12-4-6/h1-4,7,9,11,13-14,16,18H,5H2/t7-,9-,11-/m1/s1. The monoisotopic (exact) mass is 255 g/mol. The number of hydrogen-bond acceptors (Lipinski definition) is 7. The number of aromatic nitrogens is 1. The normalized spacial score (nSPS) is 15.8. The molecule has 1 aromatic heterocycles. The van der Waals surface area contributed by atoms with Crippen LogP contribution in [0.3, 0.4) is 0 Å². The lowest BCUT2D eigenvalue weighted by Gasteiger charge is -2.19. The first-order valence-electron chi connectivity index (χ1n) is 5.12. The van der Waals surface area contributed by atoms with Gasteiger partial charge in [-0.1, -0.05) is 0 Å². The quantitative estimate of drug-likeness (QED) is 0.339.